The zero-order valence-electron chi connectivity index (χ0n) is 13.0. The number of hydrogen-bond donors (Lipinski definition) is 1. The van der Waals surface area contributed by atoms with Gasteiger partial charge in [-0.1, -0.05) is 6.07 Å². The lowest BCUT2D eigenvalue weighted by Gasteiger charge is -2.13. The summed E-state index contributed by atoms with van der Waals surface area (Å²) >= 11 is 3.25. The van der Waals surface area contributed by atoms with Crippen LogP contribution in [-0.4, -0.2) is 25.6 Å². The zero-order chi connectivity index (χ0) is 18.0. The van der Waals surface area contributed by atoms with Crippen molar-refractivity contribution >= 4 is 21.9 Å². The lowest BCUT2D eigenvalue weighted by atomic mass is 10.3. The third-order valence-corrected chi connectivity index (χ3v) is 4.11. The van der Waals surface area contributed by atoms with Crippen LogP contribution in [-0.2, 0) is 0 Å². The van der Waals surface area contributed by atoms with Crippen molar-refractivity contribution in [3.8, 4) is 17.4 Å². The number of ether oxygens (including phenoxy) is 1. The summed E-state index contributed by atoms with van der Waals surface area (Å²) in [5.41, 5.74) is 0.355. The molecule has 1 N–H and O–H groups in total. The Morgan fingerprint density at radius 1 is 1.24 bits per heavy atom. The molecule has 3 heterocycles. The highest BCUT2D eigenvalue weighted by Crippen LogP contribution is 2.27. The van der Waals surface area contributed by atoms with Crippen molar-refractivity contribution in [3.05, 3.63) is 74.9 Å². The first-order valence-electron chi connectivity index (χ1n) is 7.18. The predicted molar refractivity (Wildman–Crippen MR) is 93.5 cm³/mol. The average Bonchev–Trinajstić information content (AvgIpc) is 2.61. The van der Waals surface area contributed by atoms with E-state index in [1.165, 1.54) is 22.9 Å². The number of nitrogens with zero attached hydrogens (tertiary/aromatic N) is 3. The second-order valence-electron chi connectivity index (χ2n) is 5.08. The summed E-state index contributed by atoms with van der Waals surface area (Å²) in [6.45, 7) is 1.76. The van der Waals surface area contributed by atoms with Crippen LogP contribution in [0, 0.1) is 6.92 Å². The molecule has 0 aliphatic carbocycles. The minimum Gasteiger partial charge on any atom is -0.478 e. The molecule has 0 atom stereocenters. The predicted octanol–water partition coefficient (Wildman–Crippen LogP) is 3.19. The van der Waals surface area contributed by atoms with Crippen LogP contribution in [0.3, 0.4) is 0 Å². The number of carboxylic acids is 1. The maximum absolute atomic E-state index is 12.6. The smallest absolute Gasteiger partial charge is 0.337 e. The topological polar surface area (TPSA) is 94.3 Å². The van der Waals surface area contributed by atoms with Crippen LogP contribution in [0.2, 0.25) is 0 Å². The normalized spacial score (nSPS) is 10.5. The molecule has 0 fully saturated rings. The van der Waals surface area contributed by atoms with E-state index in [0.717, 1.165) is 0 Å². The second kappa shape index (κ2) is 6.86. The van der Waals surface area contributed by atoms with E-state index in [1.807, 2.05) is 0 Å². The molecule has 0 radical (unpaired) electrons. The van der Waals surface area contributed by atoms with Gasteiger partial charge in [-0.15, -0.1) is 0 Å². The van der Waals surface area contributed by atoms with Crippen LogP contribution >= 0.6 is 15.9 Å². The Balaban J connectivity index is 1.99. The number of aromatic carboxylic acids is 1. The number of aryl methyl sites for hydroxylation is 1. The van der Waals surface area contributed by atoms with Gasteiger partial charge in [-0.3, -0.25) is 9.36 Å². The first-order chi connectivity index (χ1) is 12.0. The van der Waals surface area contributed by atoms with Crippen molar-refractivity contribution in [1.82, 2.24) is 14.5 Å². The number of pyridine rings is 3. The first kappa shape index (κ1) is 16.8. The van der Waals surface area contributed by atoms with Gasteiger partial charge in [-0.2, -0.15) is 0 Å². The van der Waals surface area contributed by atoms with Crippen LogP contribution in [0.4, 0.5) is 0 Å². The quantitative estimate of drug-likeness (QED) is 0.721. The third-order valence-electron chi connectivity index (χ3n) is 3.38. The summed E-state index contributed by atoms with van der Waals surface area (Å²) in [5.74, 6) is -0.111. The third kappa shape index (κ3) is 3.43. The Morgan fingerprint density at radius 3 is 2.64 bits per heavy atom. The Labute approximate surface area is 150 Å². The summed E-state index contributed by atoms with van der Waals surface area (Å²) in [5, 5.41) is 8.88. The molecule has 0 saturated heterocycles. The van der Waals surface area contributed by atoms with Gasteiger partial charge < -0.3 is 9.84 Å². The summed E-state index contributed by atoms with van der Waals surface area (Å²) < 4.78 is 7.28. The van der Waals surface area contributed by atoms with E-state index >= 15 is 0 Å². The van der Waals surface area contributed by atoms with Crippen molar-refractivity contribution < 1.29 is 14.6 Å². The van der Waals surface area contributed by atoms with Gasteiger partial charge in [0.15, 0.2) is 5.75 Å². The van der Waals surface area contributed by atoms with Crippen LogP contribution in [0.1, 0.15) is 16.1 Å². The van der Waals surface area contributed by atoms with E-state index in [4.69, 9.17) is 9.84 Å². The number of carbonyl (C=O) groups is 1. The molecule has 0 saturated carbocycles. The molecular formula is C17H12BrN3O4. The molecule has 25 heavy (non-hydrogen) atoms. The van der Waals surface area contributed by atoms with Gasteiger partial charge in [0.1, 0.15) is 10.3 Å². The molecule has 7 nitrogen and oxygen atoms in total. The van der Waals surface area contributed by atoms with Crippen molar-refractivity contribution in [1.29, 1.82) is 0 Å². The van der Waals surface area contributed by atoms with Gasteiger partial charge in [0, 0.05) is 30.2 Å². The maximum Gasteiger partial charge on any atom is 0.337 e. The fraction of sp³-hybridized carbons (Fsp3) is 0.0588. The summed E-state index contributed by atoms with van der Waals surface area (Å²) in [4.78, 5) is 31.6. The van der Waals surface area contributed by atoms with Gasteiger partial charge in [-0.05, 0) is 41.1 Å². The fourth-order valence-corrected chi connectivity index (χ4v) is 2.58. The molecule has 3 aromatic heterocycles. The monoisotopic (exact) mass is 401 g/mol. The molecular weight excluding hydrogens is 390 g/mol. The maximum atomic E-state index is 12.6. The highest BCUT2D eigenvalue weighted by atomic mass is 79.9. The molecule has 3 rings (SSSR count). The summed E-state index contributed by atoms with van der Waals surface area (Å²) in [7, 11) is 0. The van der Waals surface area contributed by atoms with E-state index in [-0.39, 0.29) is 27.2 Å². The van der Waals surface area contributed by atoms with Crippen LogP contribution < -0.4 is 10.3 Å². The van der Waals surface area contributed by atoms with Crippen LogP contribution in [0.5, 0.6) is 11.6 Å². The fourth-order valence-electron chi connectivity index (χ4n) is 2.21. The summed E-state index contributed by atoms with van der Waals surface area (Å²) in [6.07, 6.45) is 2.79. The molecule has 0 spiro atoms. The second-order valence-corrected chi connectivity index (χ2v) is 5.88. The number of carboxylic acid groups (broad SMARTS) is 1. The molecule has 0 aromatic carbocycles. The molecule has 0 aliphatic rings. The van der Waals surface area contributed by atoms with E-state index in [0.29, 0.717) is 11.5 Å². The number of rotatable bonds is 4. The molecule has 0 unspecified atom stereocenters. The molecule has 126 valence electrons. The molecule has 0 amide bonds. The van der Waals surface area contributed by atoms with E-state index in [2.05, 4.69) is 25.9 Å². The Hall–Kier alpha value is -3.00. The van der Waals surface area contributed by atoms with Crippen molar-refractivity contribution in [2.24, 2.45) is 0 Å². The van der Waals surface area contributed by atoms with Gasteiger partial charge in [0.05, 0.1) is 5.56 Å². The zero-order valence-corrected chi connectivity index (χ0v) is 14.6. The van der Waals surface area contributed by atoms with Gasteiger partial charge >= 0.3 is 5.97 Å². The lowest BCUT2D eigenvalue weighted by molar-refractivity contribution is 0.0696. The highest BCUT2D eigenvalue weighted by Gasteiger charge is 2.15. The van der Waals surface area contributed by atoms with Crippen molar-refractivity contribution in [2.75, 3.05) is 0 Å². The number of aromatic nitrogens is 3. The average molecular weight is 402 g/mol. The van der Waals surface area contributed by atoms with Crippen molar-refractivity contribution in [3.63, 3.8) is 0 Å². The van der Waals surface area contributed by atoms with E-state index in [1.54, 1.807) is 37.4 Å². The van der Waals surface area contributed by atoms with Crippen LogP contribution in [0.15, 0.2) is 58.1 Å². The molecule has 3 aromatic rings. The minimum atomic E-state index is -1.07. The molecule has 8 heteroatoms. The van der Waals surface area contributed by atoms with Gasteiger partial charge in [0.2, 0.25) is 5.88 Å². The number of hydrogen-bond acceptors (Lipinski definition) is 5. The van der Waals surface area contributed by atoms with Crippen molar-refractivity contribution in [2.45, 2.75) is 6.92 Å². The molecule has 0 bridgehead atoms. The Morgan fingerprint density at radius 2 is 2.04 bits per heavy atom. The van der Waals surface area contributed by atoms with Gasteiger partial charge in [0.25, 0.3) is 5.56 Å². The molecule has 0 aliphatic heterocycles. The SMILES string of the molecule is Cc1cc(Oc2ccc(C(=O)O)cn2)c(Br)c(=O)n1-c1ccccn1. The van der Waals surface area contributed by atoms with Gasteiger partial charge in [-0.25, -0.2) is 14.8 Å². The first-order valence-corrected chi connectivity index (χ1v) is 7.97. The Bertz CT molecular complexity index is 985. The van der Waals surface area contributed by atoms with E-state index < -0.39 is 5.97 Å². The van der Waals surface area contributed by atoms with Crippen LogP contribution in [0.25, 0.3) is 5.82 Å². The minimum absolute atomic E-state index is 0.0492. The standard InChI is InChI=1S/C17H12BrN3O4/c1-10-8-12(25-14-6-5-11(9-20-14)17(23)24)15(18)16(22)21(10)13-4-2-3-7-19-13/h2-9H,1H3,(H,23,24). The Kier molecular flexibility index (Phi) is 4.62. The number of halogens is 1. The lowest BCUT2D eigenvalue weighted by Crippen LogP contribution is -2.22. The van der Waals surface area contributed by atoms with E-state index in [9.17, 15) is 9.59 Å². The largest absolute Gasteiger partial charge is 0.478 e. The highest BCUT2D eigenvalue weighted by molar-refractivity contribution is 9.10. The summed E-state index contributed by atoms with van der Waals surface area (Å²) in [6, 6.07) is 9.76.